The third-order valence-corrected chi connectivity index (χ3v) is 6.38. The Hall–Kier alpha value is -1.13. The first-order chi connectivity index (χ1) is 10.6. The Labute approximate surface area is 139 Å². The molecule has 4 rings (SSSR count). The molecule has 0 spiro atoms. The average molecular weight is 335 g/mol. The highest BCUT2D eigenvalue weighted by molar-refractivity contribution is 7.18. The first kappa shape index (κ1) is 14.5. The summed E-state index contributed by atoms with van der Waals surface area (Å²) in [4.78, 5) is 19.1. The van der Waals surface area contributed by atoms with Crippen molar-refractivity contribution < 1.29 is 4.79 Å². The van der Waals surface area contributed by atoms with Gasteiger partial charge in [-0.15, -0.1) is 11.3 Å². The van der Waals surface area contributed by atoms with Gasteiger partial charge in [-0.2, -0.15) is 0 Å². The van der Waals surface area contributed by atoms with Crippen LogP contribution in [0.4, 0.5) is 0 Å². The number of nitrogens with zero attached hydrogens (tertiary/aromatic N) is 2. The van der Waals surface area contributed by atoms with E-state index in [-0.39, 0.29) is 0 Å². The van der Waals surface area contributed by atoms with Gasteiger partial charge in [-0.25, -0.2) is 4.98 Å². The second-order valence-electron chi connectivity index (χ2n) is 6.58. The van der Waals surface area contributed by atoms with Gasteiger partial charge in [0.25, 0.3) is 0 Å². The molecule has 1 saturated heterocycles. The first-order valence-electron chi connectivity index (χ1n) is 7.96. The molecule has 0 N–H and O–H groups in total. The molecule has 1 aliphatic heterocycles. The zero-order valence-corrected chi connectivity index (χ0v) is 14.2. The number of likely N-dealkylation sites (tertiary alicyclic amines) is 1. The van der Waals surface area contributed by atoms with Gasteiger partial charge in [0, 0.05) is 29.9 Å². The number of halogens is 1. The summed E-state index contributed by atoms with van der Waals surface area (Å²) in [5.74, 6) is 1.76. The summed E-state index contributed by atoms with van der Waals surface area (Å²) in [7, 11) is 0. The smallest absolute Gasteiger partial charge is 0.225 e. The third-order valence-electron chi connectivity index (χ3n) is 4.95. The highest BCUT2D eigenvalue weighted by Crippen LogP contribution is 2.41. The summed E-state index contributed by atoms with van der Waals surface area (Å²) >= 11 is 7.80. The molecule has 0 radical (unpaired) electrons. The van der Waals surface area contributed by atoms with E-state index >= 15 is 0 Å². The normalized spacial score (nSPS) is 25.6. The Morgan fingerprint density at radius 2 is 2.09 bits per heavy atom. The van der Waals surface area contributed by atoms with Crippen LogP contribution in [0.5, 0.6) is 0 Å². The fourth-order valence-corrected chi connectivity index (χ4v) is 4.62. The maximum atomic E-state index is 12.3. The Bertz CT molecular complexity index is 721. The van der Waals surface area contributed by atoms with Crippen molar-refractivity contribution in [3.63, 3.8) is 0 Å². The minimum absolute atomic E-state index is 0.307. The quantitative estimate of drug-likeness (QED) is 0.819. The van der Waals surface area contributed by atoms with Gasteiger partial charge in [0.2, 0.25) is 5.91 Å². The van der Waals surface area contributed by atoms with Crippen molar-refractivity contribution in [2.75, 3.05) is 13.1 Å². The van der Waals surface area contributed by atoms with Gasteiger partial charge in [0.15, 0.2) is 0 Å². The van der Waals surface area contributed by atoms with Crippen molar-refractivity contribution in [2.45, 2.75) is 32.1 Å². The van der Waals surface area contributed by atoms with Crippen LogP contribution in [-0.2, 0) is 4.79 Å². The predicted molar refractivity (Wildman–Crippen MR) is 90.5 cm³/mol. The van der Waals surface area contributed by atoms with Gasteiger partial charge in [-0.3, -0.25) is 4.79 Å². The van der Waals surface area contributed by atoms with Gasteiger partial charge in [0.1, 0.15) is 0 Å². The summed E-state index contributed by atoms with van der Waals surface area (Å²) in [6, 6.07) is 5.90. The molecule has 22 heavy (non-hydrogen) atoms. The van der Waals surface area contributed by atoms with Gasteiger partial charge in [-0.1, -0.05) is 18.5 Å². The number of amides is 1. The molecule has 5 heteroatoms. The van der Waals surface area contributed by atoms with Crippen molar-refractivity contribution in [1.29, 1.82) is 0 Å². The molecule has 1 aliphatic carbocycles. The van der Waals surface area contributed by atoms with Gasteiger partial charge in [0.05, 0.1) is 15.2 Å². The molecular weight excluding hydrogens is 316 g/mol. The van der Waals surface area contributed by atoms with Crippen LogP contribution < -0.4 is 0 Å². The Morgan fingerprint density at radius 3 is 2.77 bits per heavy atom. The topological polar surface area (TPSA) is 33.2 Å². The summed E-state index contributed by atoms with van der Waals surface area (Å²) in [5.41, 5.74) is 0.998. The zero-order chi connectivity index (χ0) is 15.3. The van der Waals surface area contributed by atoms with E-state index in [0.717, 1.165) is 42.9 Å². The van der Waals surface area contributed by atoms with Crippen LogP contribution in [0.2, 0.25) is 5.02 Å². The van der Waals surface area contributed by atoms with Crippen molar-refractivity contribution in [1.82, 2.24) is 9.88 Å². The van der Waals surface area contributed by atoms with E-state index < -0.39 is 0 Å². The molecule has 1 aromatic carbocycles. The summed E-state index contributed by atoms with van der Waals surface area (Å²) in [5, 5.41) is 1.94. The lowest BCUT2D eigenvalue weighted by molar-refractivity contribution is -0.133. The predicted octanol–water partition coefficient (Wildman–Crippen LogP) is 4.31. The van der Waals surface area contributed by atoms with Gasteiger partial charge >= 0.3 is 0 Å². The zero-order valence-electron chi connectivity index (χ0n) is 12.6. The van der Waals surface area contributed by atoms with Crippen LogP contribution in [0.3, 0.4) is 0 Å². The number of hydrogen-bond acceptors (Lipinski definition) is 3. The van der Waals surface area contributed by atoms with E-state index in [1.54, 1.807) is 11.3 Å². The Balaban J connectivity index is 1.45. The van der Waals surface area contributed by atoms with Gasteiger partial charge < -0.3 is 4.90 Å². The number of aromatic nitrogens is 1. The van der Waals surface area contributed by atoms with Crippen molar-refractivity contribution >= 4 is 39.1 Å². The van der Waals surface area contributed by atoms with Crippen LogP contribution in [-0.4, -0.2) is 28.9 Å². The van der Waals surface area contributed by atoms with Crippen LogP contribution >= 0.6 is 22.9 Å². The number of thiazole rings is 1. The molecule has 2 fully saturated rings. The summed E-state index contributed by atoms with van der Waals surface area (Å²) in [6.07, 6.45) is 3.14. The highest BCUT2D eigenvalue weighted by atomic mass is 35.5. The Kier molecular flexibility index (Phi) is 3.61. The number of fused-ring (bicyclic) bond motifs is 1. The van der Waals surface area contributed by atoms with E-state index in [1.165, 1.54) is 9.71 Å². The maximum Gasteiger partial charge on any atom is 0.225 e. The molecule has 0 bridgehead atoms. The van der Waals surface area contributed by atoms with Crippen molar-refractivity contribution in [3.05, 3.63) is 28.2 Å². The highest BCUT2D eigenvalue weighted by Gasteiger charge is 2.42. The molecule has 116 valence electrons. The van der Waals surface area contributed by atoms with Crippen molar-refractivity contribution in [2.24, 2.45) is 11.8 Å². The van der Waals surface area contributed by atoms with Crippen LogP contribution in [0.1, 0.15) is 37.1 Å². The first-order valence-corrected chi connectivity index (χ1v) is 9.16. The minimum Gasteiger partial charge on any atom is -0.342 e. The lowest BCUT2D eigenvalue weighted by Gasteiger charge is -2.31. The van der Waals surface area contributed by atoms with E-state index in [9.17, 15) is 4.79 Å². The molecule has 2 unspecified atom stereocenters. The molecule has 2 aromatic rings. The molecular formula is C17H19ClN2OS. The molecule has 2 heterocycles. The lowest BCUT2D eigenvalue weighted by Crippen LogP contribution is -2.39. The van der Waals surface area contributed by atoms with Gasteiger partial charge in [-0.05, 0) is 43.4 Å². The number of carbonyl (C=O) groups excluding carboxylic acids is 1. The summed E-state index contributed by atoms with van der Waals surface area (Å²) in [6.45, 7) is 3.92. The molecule has 2 atom stereocenters. The lowest BCUT2D eigenvalue weighted by atomic mass is 9.97. The second-order valence-corrected chi connectivity index (χ2v) is 8.08. The van der Waals surface area contributed by atoms with E-state index in [4.69, 9.17) is 16.6 Å². The average Bonchev–Trinajstić information content (AvgIpc) is 3.10. The van der Waals surface area contributed by atoms with E-state index in [0.29, 0.717) is 23.7 Å². The molecule has 1 amide bonds. The third kappa shape index (κ3) is 2.63. The fourth-order valence-electron chi connectivity index (χ4n) is 3.34. The largest absolute Gasteiger partial charge is 0.342 e. The van der Waals surface area contributed by atoms with Crippen LogP contribution in [0.25, 0.3) is 10.2 Å². The number of hydrogen-bond donors (Lipinski definition) is 0. The molecule has 3 nitrogen and oxygen atoms in total. The molecule has 1 saturated carbocycles. The van der Waals surface area contributed by atoms with Crippen molar-refractivity contribution in [3.8, 4) is 0 Å². The maximum absolute atomic E-state index is 12.3. The van der Waals surface area contributed by atoms with E-state index in [2.05, 4.69) is 11.8 Å². The minimum atomic E-state index is 0.307. The second kappa shape index (κ2) is 5.50. The standard InChI is InChI=1S/C17H19ClN2OS/c1-10-8-13(10)17(21)20-6-4-11(5-7-20)16-19-14-9-12(18)2-3-15(14)22-16/h2-3,9-11,13H,4-8H2,1H3. The van der Waals surface area contributed by atoms with E-state index in [1.807, 2.05) is 18.2 Å². The molecule has 2 aliphatic rings. The monoisotopic (exact) mass is 334 g/mol. The number of piperidine rings is 1. The fraction of sp³-hybridized carbons (Fsp3) is 0.529. The molecule has 1 aromatic heterocycles. The SMILES string of the molecule is CC1CC1C(=O)N1CCC(c2nc3cc(Cl)ccc3s2)CC1. The summed E-state index contributed by atoms with van der Waals surface area (Å²) < 4.78 is 1.20. The van der Waals surface area contributed by atoms with Crippen LogP contribution in [0, 0.1) is 11.8 Å². The van der Waals surface area contributed by atoms with Crippen LogP contribution in [0.15, 0.2) is 18.2 Å². The number of rotatable bonds is 2. The number of benzene rings is 1. The number of carbonyl (C=O) groups is 1. The Morgan fingerprint density at radius 1 is 1.36 bits per heavy atom.